The van der Waals surface area contributed by atoms with Crippen molar-refractivity contribution in [3.8, 4) is 5.75 Å². The Morgan fingerprint density at radius 3 is 2.56 bits per heavy atom. The minimum atomic E-state index is -3.63. The summed E-state index contributed by atoms with van der Waals surface area (Å²) in [5, 5.41) is 1.08. The molecular formula is C25H34N4O3S2. The first-order chi connectivity index (χ1) is 16.3. The minimum absolute atomic E-state index is 0.209. The maximum absolute atomic E-state index is 12.9. The van der Waals surface area contributed by atoms with E-state index in [9.17, 15) is 8.42 Å². The van der Waals surface area contributed by atoms with E-state index in [-0.39, 0.29) is 4.90 Å². The van der Waals surface area contributed by atoms with Crippen molar-refractivity contribution in [3.05, 3.63) is 48.0 Å². The summed E-state index contributed by atoms with van der Waals surface area (Å²) < 4.78 is 35.1. The first-order valence-electron chi connectivity index (χ1n) is 11.8. The van der Waals surface area contributed by atoms with Gasteiger partial charge in [-0.2, -0.15) is 0 Å². The predicted octanol–water partition coefficient (Wildman–Crippen LogP) is 4.13. The summed E-state index contributed by atoms with van der Waals surface area (Å²) in [4.78, 5) is 9.89. The number of hydrogen-bond acceptors (Lipinski definition) is 7. The first kappa shape index (κ1) is 24.9. The molecule has 2 unspecified atom stereocenters. The number of rotatable bonds is 9. The summed E-state index contributed by atoms with van der Waals surface area (Å²) >= 11 is 1.75. The molecule has 1 aromatic heterocycles. The number of thiazole rings is 1. The van der Waals surface area contributed by atoms with E-state index in [1.54, 1.807) is 23.5 Å². The molecule has 0 radical (unpaired) electrons. The van der Waals surface area contributed by atoms with E-state index in [0.29, 0.717) is 24.4 Å². The second-order valence-corrected chi connectivity index (χ2v) is 11.6. The molecule has 7 nitrogen and oxygen atoms in total. The Hall–Kier alpha value is -2.20. The molecule has 34 heavy (non-hydrogen) atoms. The third kappa shape index (κ3) is 5.38. The van der Waals surface area contributed by atoms with Crippen LogP contribution < -0.4 is 14.4 Å². The number of methoxy groups -OCH3 is 1. The molecule has 0 bridgehead atoms. The van der Waals surface area contributed by atoms with Crippen molar-refractivity contribution in [1.82, 2.24) is 14.6 Å². The minimum Gasteiger partial charge on any atom is -0.495 e. The van der Waals surface area contributed by atoms with Crippen molar-refractivity contribution in [2.24, 2.45) is 0 Å². The molecule has 2 aromatic carbocycles. The lowest BCUT2D eigenvalue weighted by Crippen LogP contribution is -2.57. The number of anilines is 1. The molecule has 9 heteroatoms. The maximum Gasteiger partial charge on any atom is 0.244 e. The van der Waals surface area contributed by atoms with Crippen LogP contribution in [0.4, 0.5) is 5.13 Å². The molecule has 184 valence electrons. The van der Waals surface area contributed by atoms with E-state index >= 15 is 0 Å². The summed E-state index contributed by atoms with van der Waals surface area (Å²) in [5.41, 5.74) is 2.02. The molecule has 1 aliphatic heterocycles. The van der Waals surface area contributed by atoms with Gasteiger partial charge in [-0.05, 0) is 56.5 Å². The first-order valence-corrected chi connectivity index (χ1v) is 14.1. The Kier molecular flexibility index (Phi) is 7.77. The summed E-state index contributed by atoms with van der Waals surface area (Å²) in [5.74, 6) is 0.373. The third-order valence-corrected chi connectivity index (χ3v) is 9.05. The van der Waals surface area contributed by atoms with Crippen LogP contribution in [0.3, 0.4) is 0 Å². The maximum atomic E-state index is 12.9. The topological polar surface area (TPSA) is 74.8 Å². The van der Waals surface area contributed by atoms with Gasteiger partial charge in [0.2, 0.25) is 10.0 Å². The Labute approximate surface area is 206 Å². The second-order valence-electron chi connectivity index (χ2n) is 8.90. The van der Waals surface area contributed by atoms with Crippen LogP contribution in [0.2, 0.25) is 0 Å². The highest BCUT2D eigenvalue weighted by Gasteiger charge is 2.30. The molecule has 0 aliphatic carbocycles. The van der Waals surface area contributed by atoms with E-state index in [1.807, 2.05) is 19.1 Å². The average Bonchev–Trinajstić information content (AvgIpc) is 3.27. The van der Waals surface area contributed by atoms with Gasteiger partial charge in [0, 0.05) is 38.3 Å². The molecule has 2 heterocycles. The van der Waals surface area contributed by atoms with Crippen LogP contribution in [0.15, 0.2) is 47.4 Å². The van der Waals surface area contributed by atoms with Crippen LogP contribution in [0.5, 0.6) is 5.75 Å². The van der Waals surface area contributed by atoms with Gasteiger partial charge in [-0.1, -0.05) is 36.5 Å². The van der Waals surface area contributed by atoms with Crippen molar-refractivity contribution in [3.63, 3.8) is 0 Å². The van der Waals surface area contributed by atoms with Crippen LogP contribution in [-0.2, 0) is 16.4 Å². The Morgan fingerprint density at radius 1 is 1.15 bits per heavy atom. The smallest absolute Gasteiger partial charge is 0.244 e. The standard InChI is InChI=1S/C25H34N4O3S2/c1-5-20-11-12-22(32-4)24(15-20)34(30,31)26-13-8-14-29-18(2)16-28(17-19(29)3)25-27-21-9-6-7-10-23(21)33-25/h6-7,9-12,15,18-19,26H,5,8,13-14,16-17H2,1-4H3. The highest BCUT2D eigenvalue weighted by Crippen LogP contribution is 2.31. The normalized spacial score (nSPS) is 19.6. The van der Waals surface area contributed by atoms with Gasteiger partial charge in [-0.15, -0.1) is 0 Å². The largest absolute Gasteiger partial charge is 0.495 e. The highest BCUT2D eigenvalue weighted by atomic mass is 32.2. The molecule has 1 aliphatic rings. The zero-order valence-electron chi connectivity index (χ0n) is 20.3. The van der Waals surface area contributed by atoms with E-state index in [2.05, 4.69) is 46.6 Å². The van der Waals surface area contributed by atoms with E-state index in [1.165, 1.54) is 11.8 Å². The lowest BCUT2D eigenvalue weighted by molar-refractivity contribution is 0.130. The fraction of sp³-hybridized carbons (Fsp3) is 0.480. The summed E-state index contributed by atoms with van der Waals surface area (Å²) in [6.07, 6.45) is 1.51. The third-order valence-electron chi connectivity index (χ3n) is 6.47. The van der Waals surface area contributed by atoms with Crippen molar-refractivity contribution in [2.75, 3.05) is 38.2 Å². The summed E-state index contributed by atoms with van der Waals surface area (Å²) in [6, 6.07) is 14.3. The van der Waals surface area contributed by atoms with Gasteiger partial charge in [-0.3, -0.25) is 4.90 Å². The van der Waals surface area contributed by atoms with Crippen LogP contribution in [0.25, 0.3) is 10.2 Å². The number of aromatic nitrogens is 1. The van der Waals surface area contributed by atoms with Gasteiger partial charge >= 0.3 is 0 Å². The van der Waals surface area contributed by atoms with Crippen LogP contribution in [0, 0.1) is 0 Å². The van der Waals surface area contributed by atoms with Crippen LogP contribution in [0.1, 0.15) is 32.8 Å². The highest BCUT2D eigenvalue weighted by molar-refractivity contribution is 7.89. The molecular weight excluding hydrogens is 468 g/mol. The number of piperazine rings is 1. The van der Waals surface area contributed by atoms with Crippen molar-refractivity contribution < 1.29 is 13.2 Å². The molecule has 0 saturated carbocycles. The summed E-state index contributed by atoms with van der Waals surface area (Å²) in [7, 11) is -2.14. The Balaban J connectivity index is 1.33. The average molecular weight is 503 g/mol. The summed E-state index contributed by atoms with van der Waals surface area (Å²) in [6.45, 7) is 9.53. The lowest BCUT2D eigenvalue weighted by atomic mass is 10.1. The van der Waals surface area contributed by atoms with Crippen molar-refractivity contribution >= 4 is 36.7 Å². The van der Waals surface area contributed by atoms with E-state index in [4.69, 9.17) is 9.72 Å². The number of fused-ring (bicyclic) bond motifs is 1. The number of aryl methyl sites for hydroxylation is 1. The van der Waals surface area contributed by atoms with Gasteiger partial charge in [0.05, 0.1) is 17.3 Å². The lowest BCUT2D eigenvalue weighted by Gasteiger charge is -2.44. The van der Waals surface area contributed by atoms with Crippen molar-refractivity contribution in [1.29, 1.82) is 0 Å². The number of sulfonamides is 1. The molecule has 1 saturated heterocycles. The van der Waals surface area contributed by atoms with E-state index in [0.717, 1.165) is 48.7 Å². The quantitative estimate of drug-likeness (QED) is 0.444. The number of hydrogen-bond donors (Lipinski definition) is 1. The number of para-hydroxylation sites is 1. The Bertz CT molecular complexity index is 1180. The van der Waals surface area contributed by atoms with Crippen molar-refractivity contribution in [2.45, 2.75) is 50.6 Å². The number of nitrogens with zero attached hydrogens (tertiary/aromatic N) is 3. The van der Waals surface area contributed by atoms with Gasteiger partial charge in [0.25, 0.3) is 0 Å². The number of nitrogens with one attached hydrogen (secondary N) is 1. The second kappa shape index (κ2) is 10.6. The molecule has 1 fully saturated rings. The molecule has 4 rings (SSSR count). The molecule has 0 spiro atoms. The van der Waals surface area contributed by atoms with Gasteiger partial charge in [0.1, 0.15) is 10.6 Å². The SMILES string of the molecule is CCc1ccc(OC)c(S(=O)(=O)NCCCN2C(C)CN(c3nc4ccccc4s3)CC2C)c1. The van der Waals surface area contributed by atoms with Crippen LogP contribution in [-0.4, -0.2) is 63.7 Å². The molecule has 2 atom stereocenters. The zero-order valence-corrected chi connectivity index (χ0v) is 22.0. The van der Waals surface area contributed by atoms with E-state index < -0.39 is 10.0 Å². The fourth-order valence-electron chi connectivity index (χ4n) is 4.65. The predicted molar refractivity (Wildman–Crippen MR) is 140 cm³/mol. The van der Waals surface area contributed by atoms with Gasteiger partial charge in [-0.25, -0.2) is 18.1 Å². The van der Waals surface area contributed by atoms with Gasteiger partial charge < -0.3 is 9.64 Å². The van der Waals surface area contributed by atoms with Crippen LogP contribution >= 0.6 is 11.3 Å². The molecule has 1 N–H and O–H groups in total. The van der Waals surface area contributed by atoms with Gasteiger partial charge in [0.15, 0.2) is 5.13 Å². The fourth-order valence-corrected chi connectivity index (χ4v) is 6.92. The number of ether oxygens (including phenoxy) is 1. The molecule has 3 aromatic rings. The molecule has 0 amide bonds. The number of benzene rings is 2. The zero-order chi connectivity index (χ0) is 24.3. The Morgan fingerprint density at radius 2 is 1.88 bits per heavy atom. The monoisotopic (exact) mass is 502 g/mol.